The number of nitrogens with zero attached hydrogens (tertiary/aromatic N) is 1. The number of hydrogen-bond donors (Lipinski definition) is 1. The molecule has 0 saturated carbocycles. The Hall–Kier alpha value is -0.800. The third-order valence-corrected chi connectivity index (χ3v) is 2.56. The average molecular weight is 210 g/mol. The Bertz CT molecular complexity index is 234. The SMILES string of the molecule is CCN(CCCCNC)Cc1ccco1. The van der Waals surface area contributed by atoms with Gasteiger partial charge >= 0.3 is 0 Å². The largest absolute Gasteiger partial charge is 0.468 e. The van der Waals surface area contributed by atoms with Gasteiger partial charge in [-0.1, -0.05) is 6.92 Å². The van der Waals surface area contributed by atoms with Crippen LogP contribution in [0.4, 0.5) is 0 Å². The van der Waals surface area contributed by atoms with Crippen LogP contribution in [0.15, 0.2) is 22.8 Å². The van der Waals surface area contributed by atoms with Gasteiger partial charge in [-0.25, -0.2) is 0 Å². The Labute approximate surface area is 92.5 Å². The number of nitrogens with one attached hydrogen (secondary N) is 1. The molecule has 3 nitrogen and oxygen atoms in total. The first kappa shape index (κ1) is 12.3. The Balaban J connectivity index is 2.18. The summed E-state index contributed by atoms with van der Waals surface area (Å²) in [6.07, 6.45) is 4.23. The van der Waals surface area contributed by atoms with Crippen molar-refractivity contribution in [2.75, 3.05) is 26.7 Å². The van der Waals surface area contributed by atoms with Gasteiger partial charge in [0.05, 0.1) is 12.8 Å². The van der Waals surface area contributed by atoms with Crippen molar-refractivity contribution < 1.29 is 4.42 Å². The summed E-state index contributed by atoms with van der Waals surface area (Å²) in [5, 5.41) is 3.17. The van der Waals surface area contributed by atoms with Gasteiger partial charge in [-0.2, -0.15) is 0 Å². The summed E-state index contributed by atoms with van der Waals surface area (Å²) in [5.74, 6) is 1.06. The Kier molecular flexibility index (Phi) is 6.12. The first-order valence-electron chi connectivity index (χ1n) is 5.76. The molecule has 0 unspecified atom stereocenters. The molecule has 15 heavy (non-hydrogen) atoms. The molecule has 0 aliphatic rings. The van der Waals surface area contributed by atoms with Gasteiger partial charge in [0.1, 0.15) is 5.76 Å². The second kappa shape index (κ2) is 7.49. The molecule has 0 atom stereocenters. The molecule has 1 aromatic heterocycles. The van der Waals surface area contributed by atoms with E-state index in [1.54, 1.807) is 6.26 Å². The second-order valence-corrected chi connectivity index (χ2v) is 3.76. The number of furan rings is 1. The summed E-state index contributed by atoms with van der Waals surface area (Å²) in [4.78, 5) is 2.41. The predicted molar refractivity (Wildman–Crippen MR) is 62.8 cm³/mol. The lowest BCUT2D eigenvalue weighted by atomic mass is 10.3. The first-order chi connectivity index (χ1) is 7.36. The van der Waals surface area contributed by atoms with Crippen LogP contribution in [-0.4, -0.2) is 31.6 Å². The van der Waals surface area contributed by atoms with Gasteiger partial charge in [0.15, 0.2) is 0 Å². The maximum absolute atomic E-state index is 5.34. The number of hydrogen-bond acceptors (Lipinski definition) is 3. The fourth-order valence-electron chi connectivity index (χ4n) is 1.61. The highest BCUT2D eigenvalue weighted by Gasteiger charge is 2.04. The standard InChI is InChI=1S/C12H22N2O/c1-3-14(9-5-4-8-13-2)11-12-7-6-10-15-12/h6-7,10,13H,3-5,8-9,11H2,1-2H3. The van der Waals surface area contributed by atoms with Crippen LogP contribution in [0.5, 0.6) is 0 Å². The highest BCUT2D eigenvalue weighted by atomic mass is 16.3. The third-order valence-electron chi connectivity index (χ3n) is 2.56. The number of rotatable bonds is 8. The summed E-state index contributed by atoms with van der Waals surface area (Å²) in [6, 6.07) is 3.99. The topological polar surface area (TPSA) is 28.4 Å². The zero-order valence-electron chi connectivity index (χ0n) is 9.83. The van der Waals surface area contributed by atoms with Crippen LogP contribution in [0.2, 0.25) is 0 Å². The van der Waals surface area contributed by atoms with Gasteiger partial charge < -0.3 is 9.73 Å². The van der Waals surface area contributed by atoms with Crippen molar-refractivity contribution in [1.29, 1.82) is 0 Å². The zero-order valence-corrected chi connectivity index (χ0v) is 9.83. The third kappa shape index (κ3) is 5.00. The van der Waals surface area contributed by atoms with Gasteiger partial charge in [-0.05, 0) is 51.7 Å². The van der Waals surface area contributed by atoms with E-state index in [0.29, 0.717) is 0 Å². The summed E-state index contributed by atoms with van der Waals surface area (Å²) in [5.41, 5.74) is 0. The van der Waals surface area contributed by atoms with E-state index in [2.05, 4.69) is 17.1 Å². The molecule has 0 aliphatic carbocycles. The van der Waals surface area contributed by atoms with E-state index in [4.69, 9.17) is 4.42 Å². The van der Waals surface area contributed by atoms with Crippen LogP contribution >= 0.6 is 0 Å². The molecule has 0 saturated heterocycles. The van der Waals surface area contributed by atoms with Crippen LogP contribution in [-0.2, 0) is 6.54 Å². The fourth-order valence-corrected chi connectivity index (χ4v) is 1.61. The number of unbranched alkanes of at least 4 members (excludes halogenated alkanes) is 1. The minimum atomic E-state index is 0.934. The van der Waals surface area contributed by atoms with Gasteiger partial charge in [0, 0.05) is 0 Å². The van der Waals surface area contributed by atoms with Gasteiger partial charge in [-0.3, -0.25) is 4.90 Å². The molecule has 0 spiro atoms. The molecule has 0 bridgehead atoms. The molecule has 1 aromatic rings. The van der Waals surface area contributed by atoms with E-state index in [9.17, 15) is 0 Å². The molecular formula is C12H22N2O. The van der Waals surface area contributed by atoms with Crippen LogP contribution in [0.3, 0.4) is 0 Å². The van der Waals surface area contributed by atoms with Gasteiger partial charge in [0.25, 0.3) is 0 Å². The molecule has 0 aliphatic heterocycles. The Morgan fingerprint density at radius 1 is 1.40 bits per heavy atom. The maximum Gasteiger partial charge on any atom is 0.117 e. The summed E-state index contributed by atoms with van der Waals surface area (Å²) in [6.45, 7) is 6.47. The van der Waals surface area contributed by atoms with E-state index >= 15 is 0 Å². The molecule has 0 fully saturated rings. The Morgan fingerprint density at radius 2 is 2.27 bits per heavy atom. The highest BCUT2D eigenvalue weighted by molar-refractivity contribution is 4.97. The predicted octanol–water partition coefficient (Wildman–Crippen LogP) is 2.10. The van der Waals surface area contributed by atoms with Crippen LogP contribution in [0, 0.1) is 0 Å². The van der Waals surface area contributed by atoms with E-state index in [1.165, 1.54) is 12.8 Å². The molecule has 1 N–H and O–H groups in total. The highest BCUT2D eigenvalue weighted by Crippen LogP contribution is 2.06. The van der Waals surface area contributed by atoms with Crippen molar-refractivity contribution in [3.05, 3.63) is 24.2 Å². The molecule has 3 heteroatoms. The van der Waals surface area contributed by atoms with Crippen LogP contribution in [0.1, 0.15) is 25.5 Å². The monoisotopic (exact) mass is 210 g/mol. The second-order valence-electron chi connectivity index (χ2n) is 3.76. The van der Waals surface area contributed by atoms with Gasteiger partial charge in [0.2, 0.25) is 0 Å². The lowest BCUT2D eigenvalue weighted by molar-refractivity contribution is 0.251. The normalized spacial score (nSPS) is 11.1. The van der Waals surface area contributed by atoms with E-state index in [0.717, 1.165) is 31.9 Å². The van der Waals surface area contributed by atoms with E-state index in [1.807, 2.05) is 19.2 Å². The Morgan fingerprint density at radius 3 is 2.87 bits per heavy atom. The molecule has 86 valence electrons. The van der Waals surface area contributed by atoms with Crippen molar-refractivity contribution in [1.82, 2.24) is 10.2 Å². The van der Waals surface area contributed by atoms with Crippen molar-refractivity contribution in [3.8, 4) is 0 Å². The fraction of sp³-hybridized carbons (Fsp3) is 0.667. The van der Waals surface area contributed by atoms with Crippen molar-refractivity contribution in [3.63, 3.8) is 0 Å². The minimum absolute atomic E-state index is 0.934. The smallest absolute Gasteiger partial charge is 0.117 e. The summed E-state index contributed by atoms with van der Waals surface area (Å²) < 4.78 is 5.34. The van der Waals surface area contributed by atoms with Crippen molar-refractivity contribution >= 4 is 0 Å². The molecule has 0 amide bonds. The lowest BCUT2D eigenvalue weighted by Gasteiger charge is -2.18. The quantitative estimate of drug-likeness (QED) is 0.666. The molecular weight excluding hydrogens is 188 g/mol. The van der Waals surface area contributed by atoms with Crippen LogP contribution < -0.4 is 5.32 Å². The zero-order chi connectivity index (χ0) is 10.9. The van der Waals surface area contributed by atoms with Crippen LogP contribution in [0.25, 0.3) is 0 Å². The summed E-state index contributed by atoms with van der Waals surface area (Å²) >= 11 is 0. The lowest BCUT2D eigenvalue weighted by Crippen LogP contribution is -2.24. The minimum Gasteiger partial charge on any atom is -0.468 e. The van der Waals surface area contributed by atoms with E-state index in [-0.39, 0.29) is 0 Å². The van der Waals surface area contributed by atoms with E-state index < -0.39 is 0 Å². The molecule has 1 rings (SSSR count). The average Bonchev–Trinajstić information content (AvgIpc) is 2.75. The van der Waals surface area contributed by atoms with Crippen molar-refractivity contribution in [2.45, 2.75) is 26.3 Å². The summed E-state index contributed by atoms with van der Waals surface area (Å²) in [7, 11) is 2.00. The maximum atomic E-state index is 5.34. The first-order valence-corrected chi connectivity index (χ1v) is 5.76. The molecule has 0 aromatic carbocycles. The van der Waals surface area contributed by atoms with Gasteiger partial charge in [-0.15, -0.1) is 0 Å². The molecule has 0 radical (unpaired) electrons. The van der Waals surface area contributed by atoms with Crippen molar-refractivity contribution in [2.24, 2.45) is 0 Å². The molecule has 1 heterocycles.